The van der Waals surface area contributed by atoms with Crippen LogP contribution in [0.25, 0.3) is 21.7 Å². The van der Waals surface area contributed by atoms with Crippen LogP contribution in [0.4, 0.5) is 5.69 Å². The molecule has 32 heavy (non-hydrogen) atoms. The largest absolute Gasteiger partial charge is 0.335 e. The molecule has 1 aromatic carbocycles. The van der Waals surface area contributed by atoms with Gasteiger partial charge in [-0.05, 0) is 53.6 Å². The molecule has 4 heterocycles. The lowest BCUT2D eigenvalue weighted by atomic mass is 10.1. The van der Waals surface area contributed by atoms with Crippen LogP contribution in [0.3, 0.4) is 0 Å². The van der Waals surface area contributed by atoms with Crippen LogP contribution < -0.4 is 5.32 Å². The monoisotopic (exact) mass is 444 g/mol. The number of benzene rings is 1. The van der Waals surface area contributed by atoms with Crippen molar-refractivity contribution in [1.29, 1.82) is 0 Å². The van der Waals surface area contributed by atoms with Crippen LogP contribution in [-0.4, -0.2) is 26.9 Å². The van der Waals surface area contributed by atoms with E-state index in [4.69, 9.17) is 4.52 Å². The van der Waals surface area contributed by atoms with Gasteiger partial charge in [-0.1, -0.05) is 17.3 Å². The van der Waals surface area contributed by atoms with Gasteiger partial charge in [0, 0.05) is 31.6 Å². The third-order valence-electron chi connectivity index (χ3n) is 6.09. The minimum absolute atomic E-state index is 0.0483. The molecule has 160 valence electrons. The standard InChI is InChI=1S/C24H20N4O3S/c1-13(29)28-11-15-6-7-17(9-16(15)12-28)25-23(30)18-10-19(20-3-2-8-32-20)26-24-21(18)22(27-31-24)14-4-5-14/h2-3,6-10,14H,4-5,11-12H2,1H3,(H,25,30). The van der Waals surface area contributed by atoms with Gasteiger partial charge in [-0.15, -0.1) is 11.3 Å². The van der Waals surface area contributed by atoms with Crippen LogP contribution in [0.15, 0.2) is 46.3 Å². The van der Waals surface area contributed by atoms with Gasteiger partial charge in [0.1, 0.15) is 0 Å². The Hall–Kier alpha value is -3.52. The van der Waals surface area contributed by atoms with Crippen LogP contribution in [0, 0.1) is 0 Å². The molecule has 0 spiro atoms. The molecule has 2 amide bonds. The Bertz CT molecular complexity index is 1370. The molecule has 7 nitrogen and oxygen atoms in total. The van der Waals surface area contributed by atoms with Gasteiger partial charge in [-0.2, -0.15) is 0 Å². The van der Waals surface area contributed by atoms with E-state index in [1.807, 2.05) is 41.8 Å². The van der Waals surface area contributed by atoms with E-state index in [-0.39, 0.29) is 11.8 Å². The number of amides is 2. The SMILES string of the molecule is CC(=O)N1Cc2ccc(NC(=O)c3cc(-c4cccs4)nc4onc(C5CC5)c34)cc2C1. The van der Waals surface area contributed by atoms with Crippen molar-refractivity contribution in [3.8, 4) is 10.6 Å². The quantitative estimate of drug-likeness (QED) is 0.481. The van der Waals surface area contributed by atoms with E-state index in [0.717, 1.165) is 34.5 Å². The second kappa shape index (κ2) is 7.27. The van der Waals surface area contributed by atoms with Crippen molar-refractivity contribution in [3.63, 3.8) is 0 Å². The molecule has 0 bridgehead atoms. The minimum Gasteiger partial charge on any atom is -0.335 e. The molecule has 0 saturated heterocycles. The van der Waals surface area contributed by atoms with Crippen LogP contribution in [0.1, 0.15) is 52.9 Å². The summed E-state index contributed by atoms with van der Waals surface area (Å²) >= 11 is 1.56. The first-order chi connectivity index (χ1) is 15.6. The highest BCUT2D eigenvalue weighted by atomic mass is 32.1. The van der Waals surface area contributed by atoms with E-state index in [9.17, 15) is 9.59 Å². The highest BCUT2D eigenvalue weighted by Gasteiger charge is 2.32. The Morgan fingerprint density at radius 3 is 2.75 bits per heavy atom. The number of pyridine rings is 1. The lowest BCUT2D eigenvalue weighted by Crippen LogP contribution is -2.21. The predicted octanol–water partition coefficient (Wildman–Crippen LogP) is 4.94. The zero-order valence-corrected chi connectivity index (χ0v) is 18.2. The molecule has 2 aliphatic rings. The first kappa shape index (κ1) is 19.2. The fraction of sp³-hybridized carbons (Fsp3) is 0.250. The van der Waals surface area contributed by atoms with Crippen LogP contribution in [0.2, 0.25) is 0 Å². The molecular formula is C24H20N4O3S. The van der Waals surface area contributed by atoms with Gasteiger partial charge in [-0.3, -0.25) is 9.59 Å². The molecule has 1 aliphatic heterocycles. The van der Waals surface area contributed by atoms with Gasteiger partial charge < -0.3 is 14.7 Å². The molecule has 1 fully saturated rings. The van der Waals surface area contributed by atoms with E-state index in [2.05, 4.69) is 15.5 Å². The zero-order valence-electron chi connectivity index (χ0n) is 17.4. The van der Waals surface area contributed by atoms with Gasteiger partial charge in [0.25, 0.3) is 11.6 Å². The number of fused-ring (bicyclic) bond motifs is 2. The lowest BCUT2D eigenvalue weighted by molar-refractivity contribution is -0.129. The Kier molecular flexibility index (Phi) is 4.36. The molecular weight excluding hydrogens is 424 g/mol. The van der Waals surface area contributed by atoms with E-state index >= 15 is 0 Å². The lowest BCUT2D eigenvalue weighted by Gasteiger charge is -2.11. The molecule has 1 aliphatic carbocycles. The molecule has 0 radical (unpaired) electrons. The number of aromatic nitrogens is 2. The van der Waals surface area contributed by atoms with E-state index in [1.165, 1.54) is 0 Å². The summed E-state index contributed by atoms with van der Waals surface area (Å²) in [5.41, 5.74) is 5.30. The summed E-state index contributed by atoms with van der Waals surface area (Å²) in [5, 5.41) is 9.97. The third-order valence-corrected chi connectivity index (χ3v) is 6.98. The Labute approximate surface area is 188 Å². The number of thiophene rings is 1. The van der Waals surface area contributed by atoms with E-state index < -0.39 is 0 Å². The molecule has 3 aromatic heterocycles. The molecule has 1 saturated carbocycles. The fourth-order valence-electron chi connectivity index (χ4n) is 4.23. The summed E-state index contributed by atoms with van der Waals surface area (Å²) in [7, 11) is 0. The molecule has 1 N–H and O–H groups in total. The van der Waals surface area contributed by atoms with Crippen molar-refractivity contribution in [3.05, 3.63) is 64.2 Å². The Balaban J connectivity index is 1.37. The number of nitrogens with zero attached hydrogens (tertiary/aromatic N) is 3. The van der Waals surface area contributed by atoms with Gasteiger partial charge in [0.15, 0.2) is 0 Å². The maximum absolute atomic E-state index is 13.4. The van der Waals surface area contributed by atoms with Gasteiger partial charge >= 0.3 is 0 Å². The third kappa shape index (κ3) is 3.27. The van der Waals surface area contributed by atoms with Crippen molar-refractivity contribution >= 4 is 39.9 Å². The number of anilines is 1. The van der Waals surface area contributed by atoms with E-state index in [0.29, 0.717) is 47.1 Å². The highest BCUT2D eigenvalue weighted by Crippen LogP contribution is 2.44. The number of hydrogen-bond donors (Lipinski definition) is 1. The fourth-order valence-corrected chi connectivity index (χ4v) is 4.92. The number of hydrogen-bond acceptors (Lipinski definition) is 6. The minimum atomic E-state index is -0.221. The summed E-state index contributed by atoms with van der Waals surface area (Å²) in [5.74, 6) is 0.156. The summed E-state index contributed by atoms with van der Waals surface area (Å²) in [4.78, 5) is 32.6. The summed E-state index contributed by atoms with van der Waals surface area (Å²) in [6.45, 7) is 2.75. The molecule has 8 heteroatoms. The zero-order chi connectivity index (χ0) is 21.8. The maximum Gasteiger partial charge on any atom is 0.259 e. The summed E-state index contributed by atoms with van der Waals surface area (Å²) in [6, 6.07) is 11.6. The maximum atomic E-state index is 13.4. The van der Waals surface area contributed by atoms with Crippen molar-refractivity contribution in [1.82, 2.24) is 15.0 Å². The number of carbonyl (C=O) groups excluding carboxylic acids is 2. The number of carbonyl (C=O) groups is 2. The van der Waals surface area contributed by atoms with Gasteiger partial charge in [0.2, 0.25) is 5.91 Å². The average molecular weight is 445 g/mol. The van der Waals surface area contributed by atoms with Crippen molar-refractivity contribution < 1.29 is 14.1 Å². The van der Waals surface area contributed by atoms with E-state index in [1.54, 1.807) is 23.2 Å². The molecule has 4 aromatic rings. The second-order valence-electron chi connectivity index (χ2n) is 8.37. The number of rotatable bonds is 4. The smallest absolute Gasteiger partial charge is 0.259 e. The topological polar surface area (TPSA) is 88.3 Å². The normalized spacial score (nSPS) is 15.2. The number of nitrogens with one attached hydrogen (secondary N) is 1. The van der Waals surface area contributed by atoms with Crippen LogP contribution in [-0.2, 0) is 17.9 Å². The van der Waals surface area contributed by atoms with Crippen molar-refractivity contribution in [2.75, 3.05) is 5.32 Å². The van der Waals surface area contributed by atoms with Gasteiger partial charge in [0.05, 0.1) is 27.2 Å². The Morgan fingerprint density at radius 1 is 1.16 bits per heavy atom. The molecule has 0 unspecified atom stereocenters. The highest BCUT2D eigenvalue weighted by molar-refractivity contribution is 7.13. The first-order valence-corrected chi connectivity index (χ1v) is 11.5. The predicted molar refractivity (Wildman–Crippen MR) is 121 cm³/mol. The molecule has 0 atom stereocenters. The Morgan fingerprint density at radius 2 is 2.00 bits per heavy atom. The van der Waals surface area contributed by atoms with Crippen LogP contribution >= 0.6 is 11.3 Å². The average Bonchev–Trinajstić information content (AvgIpc) is 3.20. The first-order valence-electron chi connectivity index (χ1n) is 10.6. The second-order valence-corrected chi connectivity index (χ2v) is 9.31. The van der Waals surface area contributed by atoms with Crippen molar-refractivity contribution in [2.45, 2.75) is 38.8 Å². The van der Waals surface area contributed by atoms with Crippen LogP contribution in [0.5, 0.6) is 0 Å². The summed E-state index contributed by atoms with van der Waals surface area (Å²) in [6.07, 6.45) is 2.10. The summed E-state index contributed by atoms with van der Waals surface area (Å²) < 4.78 is 5.55. The van der Waals surface area contributed by atoms with Gasteiger partial charge in [-0.25, -0.2) is 4.98 Å². The van der Waals surface area contributed by atoms with Crippen molar-refractivity contribution in [2.24, 2.45) is 0 Å². The molecule has 6 rings (SSSR count).